The van der Waals surface area contributed by atoms with E-state index in [1.165, 1.54) is 42.7 Å². The summed E-state index contributed by atoms with van der Waals surface area (Å²) in [6.07, 6.45) is -0.0890. The minimum Gasteiger partial charge on any atom is -0.493 e. The van der Waals surface area contributed by atoms with Crippen molar-refractivity contribution in [3.8, 4) is 22.1 Å². The van der Waals surface area contributed by atoms with Crippen LogP contribution in [0.1, 0.15) is 33.4 Å². The van der Waals surface area contributed by atoms with E-state index in [0.29, 0.717) is 32.6 Å². The Hall–Kier alpha value is -3.46. The highest BCUT2D eigenvalue weighted by atomic mass is 32.1. The maximum atomic E-state index is 13.3. The number of halogens is 1. The number of nitrogens with zero attached hydrogens (tertiary/aromatic N) is 1. The predicted molar refractivity (Wildman–Crippen MR) is 119 cm³/mol. The monoisotopic (exact) mass is 458 g/mol. The molecule has 0 aliphatic heterocycles. The van der Waals surface area contributed by atoms with Gasteiger partial charge in [-0.2, -0.15) is 0 Å². The third kappa shape index (κ3) is 5.23. The van der Waals surface area contributed by atoms with Gasteiger partial charge in [-0.3, -0.25) is 9.59 Å². The number of nitrogens with one attached hydrogen (secondary N) is 1. The van der Waals surface area contributed by atoms with Crippen molar-refractivity contribution in [2.45, 2.75) is 19.4 Å². The molecule has 1 amide bonds. The summed E-state index contributed by atoms with van der Waals surface area (Å²) >= 11 is 1.22. The van der Waals surface area contributed by atoms with Gasteiger partial charge in [0.2, 0.25) is 0 Å². The molecule has 1 unspecified atom stereocenters. The van der Waals surface area contributed by atoms with E-state index >= 15 is 0 Å². The fraction of sp³-hybridized carbons (Fsp3) is 0.261. The number of aryl methyl sites for hydroxylation is 1. The second-order valence-corrected chi connectivity index (χ2v) is 7.86. The first-order chi connectivity index (χ1) is 15.4. The Morgan fingerprint density at radius 1 is 1.06 bits per heavy atom. The van der Waals surface area contributed by atoms with Gasteiger partial charge in [0, 0.05) is 5.56 Å². The van der Waals surface area contributed by atoms with E-state index in [9.17, 15) is 14.0 Å². The summed E-state index contributed by atoms with van der Waals surface area (Å²) in [5.74, 6) is -0.142. The lowest BCUT2D eigenvalue weighted by atomic mass is 10.0. The molecule has 32 heavy (non-hydrogen) atoms. The zero-order valence-corrected chi connectivity index (χ0v) is 18.9. The highest BCUT2D eigenvalue weighted by molar-refractivity contribution is 7.17. The van der Waals surface area contributed by atoms with Crippen LogP contribution in [-0.4, -0.2) is 38.2 Å². The number of amides is 1. The summed E-state index contributed by atoms with van der Waals surface area (Å²) in [4.78, 5) is 29.8. The summed E-state index contributed by atoms with van der Waals surface area (Å²) in [6.45, 7) is 1.74. The number of carbonyl (C=O) groups is 2. The summed E-state index contributed by atoms with van der Waals surface area (Å²) in [5, 5.41) is 3.48. The first kappa shape index (κ1) is 23.2. The second kappa shape index (κ2) is 10.2. The second-order valence-electron chi connectivity index (χ2n) is 6.86. The summed E-state index contributed by atoms with van der Waals surface area (Å²) < 4.78 is 28.7. The summed E-state index contributed by atoms with van der Waals surface area (Å²) in [6, 6.07) is 10.3. The maximum Gasteiger partial charge on any atom is 0.307 e. The number of carbonyl (C=O) groups excluding carboxylic acids is 2. The van der Waals surface area contributed by atoms with Gasteiger partial charge in [-0.05, 0) is 42.8 Å². The number of methoxy groups -OCH3 is 3. The number of esters is 1. The minimum absolute atomic E-state index is 0.0890. The van der Waals surface area contributed by atoms with E-state index in [4.69, 9.17) is 14.2 Å². The van der Waals surface area contributed by atoms with Crippen molar-refractivity contribution in [1.82, 2.24) is 10.3 Å². The third-order valence-electron chi connectivity index (χ3n) is 4.81. The van der Waals surface area contributed by atoms with Gasteiger partial charge in [0.1, 0.15) is 15.7 Å². The Morgan fingerprint density at radius 2 is 1.75 bits per heavy atom. The number of aromatic nitrogens is 1. The molecule has 1 N–H and O–H groups in total. The molecular formula is C23H23FN2O5S. The van der Waals surface area contributed by atoms with Gasteiger partial charge in [-0.25, -0.2) is 9.37 Å². The molecule has 7 nitrogen and oxygen atoms in total. The first-order valence-corrected chi connectivity index (χ1v) is 10.5. The Labute approximate surface area is 189 Å². The lowest BCUT2D eigenvalue weighted by Crippen LogP contribution is -2.30. The molecule has 168 valence electrons. The van der Waals surface area contributed by atoms with Crippen LogP contribution < -0.4 is 14.8 Å². The zero-order chi connectivity index (χ0) is 23.3. The van der Waals surface area contributed by atoms with Gasteiger partial charge >= 0.3 is 5.97 Å². The Kier molecular flexibility index (Phi) is 7.42. The van der Waals surface area contributed by atoms with E-state index in [1.807, 2.05) is 6.07 Å². The van der Waals surface area contributed by atoms with Gasteiger partial charge in [0.25, 0.3) is 5.91 Å². The molecule has 9 heteroatoms. The number of benzene rings is 2. The SMILES string of the molecule is COC(=O)CC(NC(=O)c1sc(-c2ccc(OC)c(OC)c2)nc1C)c1ccc(F)cc1. The molecular weight excluding hydrogens is 435 g/mol. The standard InChI is InChI=1S/C23H23FN2O5S/c1-13-21(32-23(25-13)15-7-10-18(29-2)19(11-15)30-3)22(28)26-17(12-20(27)31-4)14-5-8-16(24)9-6-14/h5-11,17H,12H2,1-4H3,(H,26,28). The van der Waals surface area contributed by atoms with E-state index in [-0.39, 0.29) is 12.3 Å². The van der Waals surface area contributed by atoms with Crippen LogP contribution in [0.25, 0.3) is 10.6 Å². The molecule has 0 bridgehead atoms. The van der Waals surface area contributed by atoms with Crippen molar-refractivity contribution in [3.63, 3.8) is 0 Å². The largest absolute Gasteiger partial charge is 0.493 e. The molecule has 0 radical (unpaired) electrons. The topological polar surface area (TPSA) is 86.8 Å². The molecule has 0 saturated carbocycles. The fourth-order valence-corrected chi connectivity index (χ4v) is 4.09. The number of rotatable bonds is 8. The van der Waals surface area contributed by atoms with Crippen molar-refractivity contribution in [2.24, 2.45) is 0 Å². The molecule has 1 atom stereocenters. The quantitative estimate of drug-likeness (QED) is 0.506. The van der Waals surface area contributed by atoms with Crippen LogP contribution >= 0.6 is 11.3 Å². The van der Waals surface area contributed by atoms with Crippen LogP contribution in [-0.2, 0) is 9.53 Å². The highest BCUT2D eigenvalue weighted by Crippen LogP contribution is 2.35. The van der Waals surface area contributed by atoms with Crippen molar-refractivity contribution in [2.75, 3.05) is 21.3 Å². The average Bonchev–Trinajstić information content (AvgIpc) is 3.20. The van der Waals surface area contributed by atoms with Crippen LogP contribution in [0.5, 0.6) is 11.5 Å². The Bertz CT molecular complexity index is 1110. The fourth-order valence-electron chi connectivity index (χ4n) is 3.12. The molecule has 0 aliphatic rings. The van der Waals surface area contributed by atoms with Crippen LogP contribution in [0.15, 0.2) is 42.5 Å². The van der Waals surface area contributed by atoms with Gasteiger partial charge < -0.3 is 19.5 Å². The normalized spacial score (nSPS) is 11.5. The van der Waals surface area contributed by atoms with Gasteiger partial charge in [0.05, 0.1) is 39.5 Å². The van der Waals surface area contributed by atoms with E-state index in [0.717, 1.165) is 5.56 Å². The van der Waals surface area contributed by atoms with Crippen molar-refractivity contribution in [3.05, 3.63) is 64.4 Å². The first-order valence-electron chi connectivity index (χ1n) is 9.69. The average molecular weight is 459 g/mol. The lowest BCUT2D eigenvalue weighted by molar-refractivity contribution is -0.141. The van der Waals surface area contributed by atoms with Crippen molar-refractivity contribution < 1.29 is 28.2 Å². The van der Waals surface area contributed by atoms with Gasteiger partial charge in [-0.1, -0.05) is 12.1 Å². The lowest BCUT2D eigenvalue weighted by Gasteiger charge is -2.18. The minimum atomic E-state index is -0.679. The molecule has 0 saturated heterocycles. The number of hydrogen-bond donors (Lipinski definition) is 1. The Balaban J connectivity index is 1.87. The van der Waals surface area contributed by atoms with Gasteiger partial charge in [-0.15, -0.1) is 11.3 Å². The molecule has 2 aromatic carbocycles. The number of thiazole rings is 1. The predicted octanol–water partition coefficient (Wildman–Crippen LogP) is 4.31. The molecule has 0 fully saturated rings. The summed E-state index contributed by atoms with van der Waals surface area (Å²) in [5.41, 5.74) is 1.92. The molecule has 0 aliphatic carbocycles. The number of ether oxygens (including phenoxy) is 3. The summed E-state index contributed by atoms with van der Waals surface area (Å²) in [7, 11) is 4.37. The van der Waals surface area contributed by atoms with Gasteiger partial charge in [0.15, 0.2) is 11.5 Å². The molecule has 3 aromatic rings. The Morgan fingerprint density at radius 3 is 2.38 bits per heavy atom. The zero-order valence-electron chi connectivity index (χ0n) is 18.1. The molecule has 1 aromatic heterocycles. The van der Waals surface area contributed by atoms with E-state index in [2.05, 4.69) is 10.3 Å². The highest BCUT2D eigenvalue weighted by Gasteiger charge is 2.23. The van der Waals surface area contributed by atoms with Crippen LogP contribution in [0, 0.1) is 12.7 Å². The van der Waals surface area contributed by atoms with Crippen LogP contribution in [0.4, 0.5) is 4.39 Å². The molecule has 3 rings (SSSR count). The van der Waals surface area contributed by atoms with Crippen molar-refractivity contribution in [1.29, 1.82) is 0 Å². The van der Waals surface area contributed by atoms with E-state index < -0.39 is 17.8 Å². The van der Waals surface area contributed by atoms with Crippen LogP contribution in [0.2, 0.25) is 0 Å². The third-order valence-corrected chi connectivity index (χ3v) is 6.01. The molecule has 1 heterocycles. The van der Waals surface area contributed by atoms with Crippen molar-refractivity contribution >= 4 is 23.2 Å². The smallest absolute Gasteiger partial charge is 0.307 e. The van der Waals surface area contributed by atoms with Crippen LogP contribution in [0.3, 0.4) is 0 Å². The maximum absolute atomic E-state index is 13.3. The number of hydrogen-bond acceptors (Lipinski definition) is 7. The molecule has 0 spiro atoms. The van der Waals surface area contributed by atoms with E-state index in [1.54, 1.807) is 33.3 Å².